The molecule has 94 valence electrons. The summed E-state index contributed by atoms with van der Waals surface area (Å²) in [6.45, 7) is 0.353. The molecule has 1 heterocycles. The third-order valence-electron chi connectivity index (χ3n) is 2.32. The van der Waals surface area contributed by atoms with E-state index in [9.17, 15) is 4.39 Å². The van der Waals surface area contributed by atoms with Crippen molar-refractivity contribution >= 4 is 5.82 Å². The Morgan fingerprint density at radius 2 is 2.00 bits per heavy atom. The van der Waals surface area contributed by atoms with Gasteiger partial charge in [-0.15, -0.1) is 0 Å². The molecule has 0 saturated carbocycles. The predicted molar refractivity (Wildman–Crippen MR) is 65.9 cm³/mol. The van der Waals surface area contributed by atoms with E-state index >= 15 is 0 Å². The maximum atomic E-state index is 12.9. The number of nitrogen functional groups attached to an aromatic ring is 1. The lowest BCUT2D eigenvalue weighted by molar-refractivity contribution is 0.181. The minimum atomic E-state index is -0.302. The molecule has 0 bridgehead atoms. The van der Waals surface area contributed by atoms with E-state index in [0.717, 1.165) is 0 Å². The topological polar surface area (TPSA) is 73.1 Å². The number of nitrogens with two attached hydrogens (primary N) is 1. The molecule has 1 aromatic carbocycles. The van der Waals surface area contributed by atoms with E-state index < -0.39 is 0 Å². The molecule has 3 N–H and O–H groups in total. The van der Waals surface area contributed by atoms with Crippen molar-refractivity contribution in [3.8, 4) is 11.4 Å². The predicted octanol–water partition coefficient (Wildman–Crippen LogP) is 1.71. The highest BCUT2D eigenvalue weighted by Gasteiger charge is 2.06. The van der Waals surface area contributed by atoms with Crippen molar-refractivity contribution in [1.82, 2.24) is 9.97 Å². The molecule has 1 aromatic heterocycles. The molecular formula is C12H13FN4O. The lowest BCUT2D eigenvalue weighted by Gasteiger charge is -2.07. The Bertz CT molecular complexity index is 530. The summed E-state index contributed by atoms with van der Waals surface area (Å²) in [6.07, 6.45) is 0. The molecule has 18 heavy (non-hydrogen) atoms. The van der Waals surface area contributed by atoms with Gasteiger partial charge in [0.15, 0.2) is 5.82 Å². The number of benzene rings is 1. The number of rotatable bonds is 4. The van der Waals surface area contributed by atoms with Crippen molar-refractivity contribution < 1.29 is 9.13 Å². The monoisotopic (exact) mass is 248 g/mol. The van der Waals surface area contributed by atoms with Crippen LogP contribution in [0.4, 0.5) is 10.2 Å². The molecule has 0 aliphatic rings. The van der Waals surface area contributed by atoms with Gasteiger partial charge in [-0.1, -0.05) is 0 Å². The van der Waals surface area contributed by atoms with Crippen molar-refractivity contribution in [2.45, 2.75) is 6.61 Å². The molecular weight excluding hydrogens is 235 g/mol. The molecule has 0 radical (unpaired) electrons. The summed E-state index contributed by atoms with van der Waals surface area (Å²) in [4.78, 5) is 8.53. The second-order valence-corrected chi connectivity index (χ2v) is 3.65. The standard InChI is InChI=1S/C12H13FN4O/c1-18-7-10-6-11(17-14)16-12(15-10)8-2-4-9(13)5-3-8/h2-6H,7,14H2,1H3,(H,15,16,17). The third-order valence-corrected chi connectivity index (χ3v) is 2.32. The maximum Gasteiger partial charge on any atom is 0.161 e. The molecule has 0 atom stereocenters. The zero-order chi connectivity index (χ0) is 13.0. The van der Waals surface area contributed by atoms with Gasteiger partial charge in [0.2, 0.25) is 0 Å². The summed E-state index contributed by atoms with van der Waals surface area (Å²) in [5.74, 6) is 6.00. The van der Waals surface area contributed by atoms with Gasteiger partial charge in [0, 0.05) is 18.7 Å². The Hall–Kier alpha value is -2.05. The fraction of sp³-hybridized carbons (Fsp3) is 0.167. The molecule has 0 unspecified atom stereocenters. The van der Waals surface area contributed by atoms with Gasteiger partial charge in [0.1, 0.15) is 11.6 Å². The number of hydrazine groups is 1. The average Bonchev–Trinajstić information content (AvgIpc) is 2.39. The van der Waals surface area contributed by atoms with Crippen molar-refractivity contribution in [2.24, 2.45) is 5.84 Å². The number of hydrogen-bond donors (Lipinski definition) is 2. The molecule has 6 heteroatoms. The van der Waals surface area contributed by atoms with E-state index in [-0.39, 0.29) is 5.82 Å². The summed E-state index contributed by atoms with van der Waals surface area (Å²) >= 11 is 0. The zero-order valence-electron chi connectivity index (χ0n) is 9.85. The van der Waals surface area contributed by atoms with E-state index in [0.29, 0.717) is 29.5 Å². The fourth-order valence-electron chi connectivity index (χ4n) is 1.52. The van der Waals surface area contributed by atoms with Crippen LogP contribution >= 0.6 is 0 Å². The molecule has 2 aromatic rings. The second-order valence-electron chi connectivity index (χ2n) is 3.65. The molecule has 0 saturated heterocycles. The first-order valence-electron chi connectivity index (χ1n) is 5.32. The van der Waals surface area contributed by atoms with Crippen LogP contribution in [0.1, 0.15) is 5.69 Å². The third kappa shape index (κ3) is 2.79. The van der Waals surface area contributed by atoms with Gasteiger partial charge in [0.05, 0.1) is 12.3 Å². The highest BCUT2D eigenvalue weighted by Crippen LogP contribution is 2.18. The highest BCUT2D eigenvalue weighted by atomic mass is 19.1. The summed E-state index contributed by atoms with van der Waals surface area (Å²) in [5.41, 5.74) is 3.87. The first-order chi connectivity index (χ1) is 8.72. The Balaban J connectivity index is 2.42. The number of aromatic nitrogens is 2. The van der Waals surface area contributed by atoms with E-state index in [2.05, 4.69) is 15.4 Å². The van der Waals surface area contributed by atoms with Gasteiger partial charge in [0.25, 0.3) is 0 Å². The number of halogens is 1. The average molecular weight is 248 g/mol. The normalized spacial score (nSPS) is 10.4. The Morgan fingerprint density at radius 3 is 2.61 bits per heavy atom. The van der Waals surface area contributed by atoms with E-state index in [4.69, 9.17) is 10.6 Å². The Labute approximate surface area is 104 Å². The molecule has 0 aliphatic heterocycles. The second kappa shape index (κ2) is 5.52. The van der Waals surface area contributed by atoms with Gasteiger partial charge < -0.3 is 10.2 Å². The molecule has 0 amide bonds. The first-order valence-corrected chi connectivity index (χ1v) is 5.32. The molecule has 0 spiro atoms. The van der Waals surface area contributed by atoms with Gasteiger partial charge in [-0.3, -0.25) is 0 Å². The lowest BCUT2D eigenvalue weighted by Crippen LogP contribution is -2.10. The van der Waals surface area contributed by atoms with Crippen LogP contribution in [0.5, 0.6) is 0 Å². The number of ether oxygens (including phenoxy) is 1. The number of hydrogen-bond acceptors (Lipinski definition) is 5. The highest BCUT2D eigenvalue weighted by molar-refractivity contribution is 5.57. The van der Waals surface area contributed by atoms with E-state index in [1.54, 1.807) is 25.3 Å². The Kier molecular flexibility index (Phi) is 3.81. The van der Waals surface area contributed by atoms with Crippen molar-refractivity contribution in [3.05, 3.63) is 41.8 Å². The van der Waals surface area contributed by atoms with Crippen LogP contribution in [0.15, 0.2) is 30.3 Å². The van der Waals surface area contributed by atoms with E-state index in [1.165, 1.54) is 12.1 Å². The van der Waals surface area contributed by atoms with Crippen molar-refractivity contribution in [2.75, 3.05) is 12.5 Å². The van der Waals surface area contributed by atoms with Crippen LogP contribution in [0, 0.1) is 5.82 Å². The van der Waals surface area contributed by atoms with E-state index in [1.807, 2.05) is 0 Å². The lowest BCUT2D eigenvalue weighted by atomic mass is 10.2. The fourth-order valence-corrected chi connectivity index (χ4v) is 1.52. The number of nitrogens with zero attached hydrogens (tertiary/aromatic N) is 2. The van der Waals surface area contributed by atoms with Crippen LogP contribution in [0.2, 0.25) is 0 Å². The first kappa shape index (κ1) is 12.4. The maximum absolute atomic E-state index is 12.9. The number of nitrogens with one attached hydrogen (secondary N) is 1. The summed E-state index contributed by atoms with van der Waals surface area (Å²) < 4.78 is 17.9. The van der Waals surface area contributed by atoms with Crippen molar-refractivity contribution in [3.63, 3.8) is 0 Å². The van der Waals surface area contributed by atoms with Gasteiger partial charge in [-0.2, -0.15) is 0 Å². The molecule has 5 nitrogen and oxygen atoms in total. The van der Waals surface area contributed by atoms with Crippen LogP contribution in [-0.4, -0.2) is 17.1 Å². The van der Waals surface area contributed by atoms with Crippen molar-refractivity contribution in [1.29, 1.82) is 0 Å². The summed E-state index contributed by atoms with van der Waals surface area (Å²) in [7, 11) is 1.58. The quantitative estimate of drug-likeness (QED) is 0.636. The smallest absolute Gasteiger partial charge is 0.161 e. The minimum absolute atomic E-state index is 0.302. The Morgan fingerprint density at radius 1 is 1.28 bits per heavy atom. The van der Waals surface area contributed by atoms with Gasteiger partial charge in [-0.05, 0) is 24.3 Å². The molecule has 0 fully saturated rings. The molecule has 2 rings (SSSR count). The number of anilines is 1. The van der Waals surface area contributed by atoms with Crippen LogP contribution in [-0.2, 0) is 11.3 Å². The van der Waals surface area contributed by atoms with Crippen LogP contribution in [0.25, 0.3) is 11.4 Å². The number of methoxy groups -OCH3 is 1. The van der Waals surface area contributed by atoms with Crippen LogP contribution < -0.4 is 11.3 Å². The molecule has 0 aliphatic carbocycles. The summed E-state index contributed by atoms with van der Waals surface area (Å²) in [6, 6.07) is 7.63. The zero-order valence-corrected chi connectivity index (χ0v) is 9.85. The minimum Gasteiger partial charge on any atom is -0.378 e. The SMILES string of the molecule is COCc1cc(NN)nc(-c2ccc(F)cc2)n1. The van der Waals surface area contributed by atoms with Crippen LogP contribution in [0.3, 0.4) is 0 Å². The van der Waals surface area contributed by atoms with Gasteiger partial charge in [-0.25, -0.2) is 20.2 Å². The van der Waals surface area contributed by atoms with Gasteiger partial charge >= 0.3 is 0 Å². The largest absolute Gasteiger partial charge is 0.378 e. The summed E-state index contributed by atoms with van der Waals surface area (Å²) in [5, 5.41) is 0.